The van der Waals surface area contributed by atoms with E-state index in [-0.39, 0.29) is 11.9 Å². The summed E-state index contributed by atoms with van der Waals surface area (Å²) in [7, 11) is 0. The topological polar surface area (TPSA) is 46.6 Å². The van der Waals surface area contributed by atoms with Crippen molar-refractivity contribution >= 4 is 11.9 Å². The van der Waals surface area contributed by atoms with Gasteiger partial charge in [0.1, 0.15) is 0 Å². The molecule has 0 radical (unpaired) electrons. The number of unbranched alkanes of at least 4 members (excludes halogenated alkanes) is 1. The van der Waals surface area contributed by atoms with Crippen LogP contribution in [0.3, 0.4) is 0 Å². The molecule has 0 unspecified atom stereocenters. The average molecular weight is 239 g/mol. The molecule has 1 heterocycles. The van der Waals surface area contributed by atoms with Crippen LogP contribution in [-0.2, 0) is 14.3 Å². The van der Waals surface area contributed by atoms with E-state index in [1.54, 1.807) is 11.1 Å². The molecule has 0 aromatic heterocycles. The molecule has 0 aromatic rings. The zero-order valence-electron chi connectivity index (χ0n) is 10.5. The number of carbonyl (C=O) groups excluding carboxylic acids is 2. The summed E-state index contributed by atoms with van der Waals surface area (Å²) in [6, 6.07) is 0. The van der Waals surface area contributed by atoms with Crippen LogP contribution >= 0.6 is 0 Å². The molecule has 0 saturated carbocycles. The minimum absolute atomic E-state index is 0.208. The summed E-state index contributed by atoms with van der Waals surface area (Å²) in [5, 5.41) is 0. The van der Waals surface area contributed by atoms with Gasteiger partial charge in [-0.25, -0.2) is 4.79 Å². The Kier molecular flexibility index (Phi) is 8.74. The van der Waals surface area contributed by atoms with E-state index in [4.69, 9.17) is 0 Å². The van der Waals surface area contributed by atoms with Gasteiger partial charge < -0.3 is 9.64 Å². The Hall–Kier alpha value is -1.58. The van der Waals surface area contributed by atoms with Gasteiger partial charge in [0.2, 0.25) is 5.91 Å². The van der Waals surface area contributed by atoms with Gasteiger partial charge in [-0.3, -0.25) is 4.79 Å². The summed E-state index contributed by atoms with van der Waals surface area (Å²) in [6.45, 7) is 10.2. The number of esters is 1. The molecule has 1 aliphatic rings. The summed E-state index contributed by atoms with van der Waals surface area (Å²) in [5.41, 5.74) is 0. The highest BCUT2D eigenvalue weighted by Crippen LogP contribution is 2.08. The fraction of sp³-hybridized carbons (Fsp3) is 0.538. The number of hydrogen-bond acceptors (Lipinski definition) is 3. The number of likely N-dealkylation sites (tertiary alicyclic amines) is 1. The zero-order chi connectivity index (χ0) is 13.1. The maximum absolute atomic E-state index is 10.7. The Labute approximate surface area is 103 Å². The molecule has 0 spiro atoms. The van der Waals surface area contributed by atoms with Crippen LogP contribution in [-0.4, -0.2) is 29.9 Å². The first kappa shape index (κ1) is 15.4. The minimum Gasteiger partial charge on any atom is -0.463 e. The van der Waals surface area contributed by atoms with Crippen LogP contribution in [0, 0.1) is 0 Å². The molecule has 1 fully saturated rings. The molecule has 0 aromatic carbocycles. The smallest absolute Gasteiger partial charge is 0.330 e. The van der Waals surface area contributed by atoms with Gasteiger partial charge in [0, 0.05) is 19.0 Å². The van der Waals surface area contributed by atoms with Crippen LogP contribution in [0.25, 0.3) is 0 Å². The summed E-state index contributed by atoms with van der Waals surface area (Å²) >= 11 is 0. The molecule has 96 valence electrons. The van der Waals surface area contributed by atoms with Crippen molar-refractivity contribution in [2.45, 2.75) is 32.6 Å². The van der Waals surface area contributed by atoms with Gasteiger partial charge >= 0.3 is 5.97 Å². The Morgan fingerprint density at radius 3 is 2.59 bits per heavy atom. The summed E-state index contributed by atoms with van der Waals surface area (Å²) in [4.78, 5) is 22.7. The van der Waals surface area contributed by atoms with E-state index in [1.807, 2.05) is 6.92 Å². The number of hydrogen-bond donors (Lipinski definition) is 0. The second-order valence-corrected chi connectivity index (χ2v) is 3.60. The fourth-order valence-corrected chi connectivity index (χ4v) is 1.24. The van der Waals surface area contributed by atoms with Crippen LogP contribution in [0.5, 0.6) is 0 Å². The lowest BCUT2D eigenvalue weighted by Gasteiger charge is -2.05. The Morgan fingerprint density at radius 2 is 2.24 bits per heavy atom. The lowest BCUT2D eigenvalue weighted by Crippen LogP contribution is -2.16. The predicted molar refractivity (Wildman–Crippen MR) is 67.2 cm³/mol. The summed E-state index contributed by atoms with van der Waals surface area (Å²) in [5.74, 6) is -0.122. The van der Waals surface area contributed by atoms with Crippen molar-refractivity contribution < 1.29 is 14.3 Å². The monoisotopic (exact) mass is 239 g/mol. The third-order valence-corrected chi connectivity index (χ3v) is 2.24. The summed E-state index contributed by atoms with van der Waals surface area (Å²) < 4.78 is 4.67. The van der Waals surface area contributed by atoms with E-state index in [2.05, 4.69) is 17.9 Å². The van der Waals surface area contributed by atoms with E-state index in [9.17, 15) is 9.59 Å². The third kappa shape index (κ3) is 7.33. The molecule has 1 saturated heterocycles. The molecule has 17 heavy (non-hydrogen) atoms. The molecular formula is C13H21NO3. The highest BCUT2D eigenvalue weighted by molar-refractivity contribution is 5.81. The molecule has 1 amide bonds. The van der Waals surface area contributed by atoms with Gasteiger partial charge in [0.25, 0.3) is 0 Å². The fourth-order valence-electron chi connectivity index (χ4n) is 1.24. The van der Waals surface area contributed by atoms with Crippen molar-refractivity contribution in [1.82, 2.24) is 4.90 Å². The van der Waals surface area contributed by atoms with Crippen molar-refractivity contribution in [3.8, 4) is 0 Å². The normalized spacial score (nSPS) is 13.7. The van der Waals surface area contributed by atoms with Gasteiger partial charge in [-0.1, -0.05) is 26.5 Å². The molecule has 1 rings (SSSR count). The van der Waals surface area contributed by atoms with Crippen molar-refractivity contribution in [3.63, 3.8) is 0 Å². The number of carbonyl (C=O) groups is 2. The van der Waals surface area contributed by atoms with Gasteiger partial charge in [0.15, 0.2) is 0 Å². The Bertz CT molecular complexity index is 274. The van der Waals surface area contributed by atoms with Gasteiger partial charge in [-0.15, -0.1) is 0 Å². The first-order valence-corrected chi connectivity index (χ1v) is 5.86. The van der Waals surface area contributed by atoms with E-state index in [0.29, 0.717) is 13.0 Å². The van der Waals surface area contributed by atoms with Gasteiger partial charge in [0.05, 0.1) is 6.61 Å². The lowest BCUT2D eigenvalue weighted by molar-refractivity contribution is -0.137. The lowest BCUT2D eigenvalue weighted by atomic mass is 10.4. The first-order chi connectivity index (χ1) is 8.15. The SMILES string of the molecule is C=CC(=O)OCCCC.C=CN1CCCC1=O. The second kappa shape index (κ2) is 9.63. The zero-order valence-corrected chi connectivity index (χ0v) is 10.5. The van der Waals surface area contributed by atoms with Crippen LogP contribution in [0.2, 0.25) is 0 Å². The largest absolute Gasteiger partial charge is 0.463 e. The van der Waals surface area contributed by atoms with E-state index in [1.165, 1.54) is 6.08 Å². The quantitative estimate of drug-likeness (QED) is 0.420. The Morgan fingerprint density at radius 1 is 1.53 bits per heavy atom. The van der Waals surface area contributed by atoms with E-state index < -0.39 is 0 Å². The van der Waals surface area contributed by atoms with Gasteiger partial charge in [-0.05, 0) is 19.0 Å². The van der Waals surface area contributed by atoms with Gasteiger partial charge in [-0.2, -0.15) is 0 Å². The van der Waals surface area contributed by atoms with E-state index >= 15 is 0 Å². The van der Waals surface area contributed by atoms with Crippen molar-refractivity contribution in [3.05, 3.63) is 25.4 Å². The van der Waals surface area contributed by atoms with Crippen LogP contribution in [0.4, 0.5) is 0 Å². The molecule has 4 heteroatoms. The molecular weight excluding hydrogens is 218 g/mol. The minimum atomic E-state index is -0.330. The summed E-state index contributed by atoms with van der Waals surface area (Å²) in [6.07, 6.45) is 6.44. The van der Waals surface area contributed by atoms with Crippen LogP contribution in [0.1, 0.15) is 32.6 Å². The molecule has 1 aliphatic heterocycles. The third-order valence-electron chi connectivity index (χ3n) is 2.24. The maximum Gasteiger partial charge on any atom is 0.330 e. The highest BCUT2D eigenvalue weighted by Gasteiger charge is 2.15. The Balaban J connectivity index is 0.000000302. The first-order valence-electron chi connectivity index (χ1n) is 5.86. The number of rotatable bonds is 5. The molecule has 0 N–H and O–H groups in total. The maximum atomic E-state index is 10.7. The second-order valence-electron chi connectivity index (χ2n) is 3.60. The number of amides is 1. The predicted octanol–water partition coefficient (Wildman–Crippen LogP) is 2.27. The molecule has 0 bridgehead atoms. The van der Waals surface area contributed by atoms with Crippen molar-refractivity contribution in [1.29, 1.82) is 0 Å². The van der Waals surface area contributed by atoms with Crippen molar-refractivity contribution in [2.24, 2.45) is 0 Å². The number of ether oxygens (including phenoxy) is 1. The average Bonchev–Trinajstić information content (AvgIpc) is 2.75. The molecule has 0 aliphatic carbocycles. The molecule has 4 nitrogen and oxygen atoms in total. The number of nitrogens with zero attached hydrogens (tertiary/aromatic N) is 1. The standard InChI is InChI=1S/C7H12O2.C6H9NO/c1-3-5-6-9-7(8)4-2;1-2-7-5-3-4-6(7)8/h4H,2-3,5-6H2,1H3;2H,1,3-5H2. The van der Waals surface area contributed by atoms with Crippen molar-refractivity contribution in [2.75, 3.05) is 13.2 Å². The van der Waals surface area contributed by atoms with E-state index in [0.717, 1.165) is 25.8 Å². The van der Waals surface area contributed by atoms with Crippen LogP contribution < -0.4 is 0 Å². The highest BCUT2D eigenvalue weighted by atomic mass is 16.5. The van der Waals surface area contributed by atoms with Crippen LogP contribution in [0.15, 0.2) is 25.4 Å². The molecule has 0 atom stereocenters.